The van der Waals surface area contributed by atoms with Gasteiger partial charge in [0.15, 0.2) is 0 Å². The topological polar surface area (TPSA) is 35.2 Å². The van der Waals surface area contributed by atoms with E-state index in [4.69, 9.17) is 10.5 Å². The maximum atomic E-state index is 6.60. The van der Waals surface area contributed by atoms with E-state index in [2.05, 4.69) is 44.2 Å². The van der Waals surface area contributed by atoms with Gasteiger partial charge in [0.2, 0.25) is 0 Å². The second-order valence-electron chi connectivity index (χ2n) is 6.27. The molecule has 2 aromatic rings. The molecule has 0 saturated heterocycles. The molecule has 2 nitrogen and oxygen atoms in total. The molecule has 0 bridgehead atoms. The van der Waals surface area contributed by atoms with Crippen molar-refractivity contribution >= 4 is 0 Å². The number of para-hydroxylation sites is 1. The van der Waals surface area contributed by atoms with Crippen LogP contribution in [0.15, 0.2) is 54.6 Å². The van der Waals surface area contributed by atoms with Gasteiger partial charge in [-0.05, 0) is 25.5 Å². The molecule has 0 heterocycles. The van der Waals surface area contributed by atoms with Crippen LogP contribution >= 0.6 is 0 Å². The van der Waals surface area contributed by atoms with Crippen molar-refractivity contribution in [2.75, 3.05) is 0 Å². The van der Waals surface area contributed by atoms with Crippen molar-refractivity contribution in [1.82, 2.24) is 0 Å². The lowest BCUT2D eigenvalue weighted by Crippen LogP contribution is -2.33. The second-order valence-corrected chi connectivity index (χ2v) is 6.27. The van der Waals surface area contributed by atoms with Gasteiger partial charge >= 0.3 is 0 Å². The number of benzene rings is 2. The van der Waals surface area contributed by atoms with Gasteiger partial charge in [0.25, 0.3) is 0 Å². The van der Waals surface area contributed by atoms with Gasteiger partial charge in [0, 0.05) is 17.0 Å². The molecule has 0 aromatic heterocycles. The van der Waals surface area contributed by atoms with E-state index in [1.807, 2.05) is 38.1 Å². The number of rotatable bonds is 5. The van der Waals surface area contributed by atoms with Crippen LogP contribution < -0.4 is 10.5 Å². The Hall–Kier alpha value is -1.80. The van der Waals surface area contributed by atoms with Gasteiger partial charge in [-0.1, -0.05) is 62.4 Å². The van der Waals surface area contributed by atoms with Crippen LogP contribution in [-0.4, -0.2) is 6.10 Å². The van der Waals surface area contributed by atoms with Gasteiger partial charge in [0.1, 0.15) is 5.75 Å². The van der Waals surface area contributed by atoms with Crippen LogP contribution in [0.2, 0.25) is 0 Å². The normalized spacial score (nSPS) is 13.2. The van der Waals surface area contributed by atoms with Crippen molar-refractivity contribution in [1.29, 1.82) is 0 Å². The lowest BCUT2D eigenvalue weighted by atomic mass is 9.75. The Morgan fingerprint density at radius 3 is 2.10 bits per heavy atom. The van der Waals surface area contributed by atoms with Crippen molar-refractivity contribution in [3.05, 3.63) is 65.7 Å². The molecular weight excluding hydrogens is 258 g/mol. The Labute approximate surface area is 127 Å². The molecule has 0 aliphatic heterocycles. The average Bonchev–Trinajstić information content (AvgIpc) is 2.47. The molecule has 0 aliphatic carbocycles. The summed E-state index contributed by atoms with van der Waals surface area (Å²) in [5, 5.41) is 0. The maximum absolute atomic E-state index is 6.60. The second kappa shape index (κ2) is 6.31. The first-order valence-corrected chi connectivity index (χ1v) is 7.49. The summed E-state index contributed by atoms with van der Waals surface area (Å²) in [4.78, 5) is 0. The highest BCUT2D eigenvalue weighted by molar-refractivity contribution is 5.40. The van der Waals surface area contributed by atoms with Crippen LogP contribution in [0.25, 0.3) is 0 Å². The lowest BCUT2D eigenvalue weighted by molar-refractivity contribution is 0.236. The van der Waals surface area contributed by atoms with Crippen molar-refractivity contribution in [2.45, 2.75) is 45.3 Å². The SMILES string of the molecule is CC(C)Oc1ccccc1C(N)C(C)(C)c1ccccc1. The zero-order valence-electron chi connectivity index (χ0n) is 13.3. The van der Waals surface area contributed by atoms with Crippen LogP contribution in [0.4, 0.5) is 0 Å². The van der Waals surface area contributed by atoms with E-state index in [-0.39, 0.29) is 17.6 Å². The molecular formula is C19H25NO. The van der Waals surface area contributed by atoms with Crippen molar-refractivity contribution in [3.63, 3.8) is 0 Å². The minimum Gasteiger partial charge on any atom is -0.491 e. The summed E-state index contributed by atoms with van der Waals surface area (Å²) >= 11 is 0. The van der Waals surface area contributed by atoms with Crippen LogP contribution in [0.5, 0.6) is 5.75 Å². The Kier molecular flexibility index (Phi) is 4.69. The standard InChI is InChI=1S/C19H25NO/c1-14(2)21-17-13-9-8-12-16(17)18(20)19(3,4)15-10-6-5-7-11-15/h5-14,18H,20H2,1-4H3. The predicted molar refractivity (Wildman–Crippen MR) is 88.6 cm³/mol. The van der Waals surface area contributed by atoms with Crippen LogP contribution in [-0.2, 0) is 5.41 Å². The first-order valence-electron chi connectivity index (χ1n) is 7.49. The van der Waals surface area contributed by atoms with E-state index >= 15 is 0 Å². The lowest BCUT2D eigenvalue weighted by Gasteiger charge is -2.33. The first-order chi connectivity index (χ1) is 9.93. The van der Waals surface area contributed by atoms with Gasteiger partial charge in [-0.2, -0.15) is 0 Å². The predicted octanol–water partition coefficient (Wildman–Crippen LogP) is 4.45. The zero-order valence-corrected chi connectivity index (χ0v) is 13.3. The molecule has 2 heteroatoms. The third-order valence-electron chi connectivity index (χ3n) is 3.91. The van der Waals surface area contributed by atoms with Crippen molar-refractivity contribution in [3.8, 4) is 5.75 Å². The highest BCUT2D eigenvalue weighted by atomic mass is 16.5. The van der Waals surface area contributed by atoms with E-state index in [0.717, 1.165) is 11.3 Å². The van der Waals surface area contributed by atoms with E-state index in [9.17, 15) is 0 Å². The molecule has 1 atom stereocenters. The highest BCUT2D eigenvalue weighted by Crippen LogP contribution is 2.38. The number of ether oxygens (including phenoxy) is 1. The van der Waals surface area contributed by atoms with Gasteiger partial charge in [-0.15, -0.1) is 0 Å². The summed E-state index contributed by atoms with van der Waals surface area (Å²) < 4.78 is 5.92. The van der Waals surface area contributed by atoms with Crippen molar-refractivity contribution in [2.24, 2.45) is 5.73 Å². The highest BCUT2D eigenvalue weighted by Gasteiger charge is 2.31. The van der Waals surface area contributed by atoms with E-state index in [0.29, 0.717) is 0 Å². The van der Waals surface area contributed by atoms with Gasteiger partial charge in [-0.3, -0.25) is 0 Å². The summed E-state index contributed by atoms with van der Waals surface area (Å²) in [5.41, 5.74) is 8.72. The fourth-order valence-electron chi connectivity index (χ4n) is 2.53. The Bertz CT molecular complexity index is 575. The van der Waals surface area contributed by atoms with Gasteiger partial charge in [0.05, 0.1) is 6.10 Å². The molecule has 0 fully saturated rings. The number of hydrogen-bond donors (Lipinski definition) is 1. The summed E-state index contributed by atoms with van der Waals surface area (Å²) in [6.45, 7) is 8.42. The average molecular weight is 283 g/mol. The Morgan fingerprint density at radius 1 is 0.905 bits per heavy atom. The van der Waals surface area contributed by atoms with Crippen LogP contribution in [0.3, 0.4) is 0 Å². The summed E-state index contributed by atoms with van der Waals surface area (Å²) in [6, 6.07) is 18.3. The number of nitrogens with two attached hydrogens (primary N) is 1. The molecule has 21 heavy (non-hydrogen) atoms. The summed E-state index contributed by atoms with van der Waals surface area (Å²) in [7, 11) is 0. The minimum absolute atomic E-state index is 0.130. The molecule has 0 aliphatic rings. The van der Waals surface area contributed by atoms with Crippen LogP contribution in [0, 0.1) is 0 Å². The molecule has 0 radical (unpaired) electrons. The van der Waals surface area contributed by atoms with E-state index in [1.54, 1.807) is 0 Å². The fraction of sp³-hybridized carbons (Fsp3) is 0.368. The molecule has 2 N–H and O–H groups in total. The fourth-order valence-corrected chi connectivity index (χ4v) is 2.53. The summed E-state index contributed by atoms with van der Waals surface area (Å²) in [6.07, 6.45) is 0.137. The Morgan fingerprint density at radius 2 is 1.48 bits per heavy atom. The Balaban J connectivity index is 2.37. The molecule has 0 saturated carbocycles. The van der Waals surface area contributed by atoms with Gasteiger partial charge in [-0.25, -0.2) is 0 Å². The zero-order chi connectivity index (χ0) is 15.5. The van der Waals surface area contributed by atoms with E-state index < -0.39 is 0 Å². The monoisotopic (exact) mass is 283 g/mol. The molecule has 2 aromatic carbocycles. The third kappa shape index (κ3) is 3.45. The third-order valence-corrected chi connectivity index (χ3v) is 3.91. The van der Waals surface area contributed by atoms with Gasteiger partial charge < -0.3 is 10.5 Å². The smallest absolute Gasteiger partial charge is 0.124 e. The first kappa shape index (κ1) is 15.6. The minimum atomic E-state index is -0.169. The molecule has 2 rings (SSSR count). The molecule has 0 amide bonds. The van der Waals surface area contributed by atoms with E-state index in [1.165, 1.54) is 5.56 Å². The molecule has 1 unspecified atom stereocenters. The van der Waals surface area contributed by atoms with Crippen molar-refractivity contribution < 1.29 is 4.74 Å². The maximum Gasteiger partial charge on any atom is 0.124 e. The number of hydrogen-bond acceptors (Lipinski definition) is 2. The largest absolute Gasteiger partial charge is 0.491 e. The quantitative estimate of drug-likeness (QED) is 0.879. The summed E-state index contributed by atoms with van der Waals surface area (Å²) in [5.74, 6) is 0.879. The molecule has 0 spiro atoms. The van der Waals surface area contributed by atoms with Crippen LogP contribution in [0.1, 0.15) is 44.9 Å². The molecule has 112 valence electrons.